The average Bonchev–Trinajstić information content (AvgIpc) is 2.36. The van der Waals surface area contributed by atoms with Crippen molar-refractivity contribution in [1.82, 2.24) is 4.90 Å². The van der Waals surface area contributed by atoms with Crippen molar-refractivity contribution in [3.8, 4) is 0 Å². The van der Waals surface area contributed by atoms with Crippen molar-refractivity contribution in [2.45, 2.75) is 19.9 Å². The van der Waals surface area contributed by atoms with Gasteiger partial charge in [0.05, 0.1) is 13.2 Å². The van der Waals surface area contributed by atoms with Crippen LogP contribution in [0.1, 0.15) is 18.9 Å². The summed E-state index contributed by atoms with van der Waals surface area (Å²) in [5.74, 6) is 0. The molecule has 0 aromatic heterocycles. The maximum atomic E-state index is 5.43. The van der Waals surface area contributed by atoms with Crippen LogP contribution in [0.15, 0.2) is 30.3 Å². The number of hydrogen-bond acceptors (Lipinski definition) is 3. The summed E-state index contributed by atoms with van der Waals surface area (Å²) in [6.45, 7) is 7.32. The van der Waals surface area contributed by atoms with Crippen LogP contribution >= 0.6 is 0 Å². The fourth-order valence-corrected chi connectivity index (χ4v) is 1.81. The van der Waals surface area contributed by atoms with E-state index in [0.717, 1.165) is 26.2 Å². The highest BCUT2D eigenvalue weighted by Gasteiger charge is 2.04. The van der Waals surface area contributed by atoms with Gasteiger partial charge in [-0.2, -0.15) is 0 Å². The Kier molecular flexibility index (Phi) is 7.63. The standard InChI is InChI=1S/C14H24N2O/c1-2-9-16(10-12-17-11-8-15)13-14-6-4-3-5-7-14/h3-7H,2,8-13,15H2,1H3. The van der Waals surface area contributed by atoms with E-state index in [1.54, 1.807) is 0 Å². The molecule has 0 fully saturated rings. The Labute approximate surface area is 105 Å². The molecular weight excluding hydrogens is 212 g/mol. The van der Waals surface area contributed by atoms with Gasteiger partial charge >= 0.3 is 0 Å². The monoisotopic (exact) mass is 236 g/mol. The second-order valence-corrected chi connectivity index (χ2v) is 4.16. The van der Waals surface area contributed by atoms with Crippen molar-refractivity contribution < 1.29 is 4.74 Å². The molecule has 0 saturated carbocycles. The zero-order valence-electron chi connectivity index (χ0n) is 10.8. The van der Waals surface area contributed by atoms with Crippen LogP contribution in [-0.4, -0.2) is 37.7 Å². The Morgan fingerprint density at radius 2 is 1.88 bits per heavy atom. The highest BCUT2D eigenvalue weighted by Crippen LogP contribution is 2.04. The largest absolute Gasteiger partial charge is 0.379 e. The van der Waals surface area contributed by atoms with Crippen LogP contribution in [-0.2, 0) is 11.3 Å². The van der Waals surface area contributed by atoms with E-state index < -0.39 is 0 Å². The number of hydrogen-bond donors (Lipinski definition) is 1. The van der Waals surface area contributed by atoms with E-state index in [0.29, 0.717) is 13.2 Å². The van der Waals surface area contributed by atoms with Gasteiger partial charge in [-0.1, -0.05) is 37.3 Å². The predicted molar refractivity (Wildman–Crippen MR) is 71.9 cm³/mol. The van der Waals surface area contributed by atoms with Crippen molar-refractivity contribution in [2.24, 2.45) is 5.73 Å². The molecule has 1 aromatic carbocycles. The molecule has 0 unspecified atom stereocenters. The van der Waals surface area contributed by atoms with E-state index in [2.05, 4.69) is 42.2 Å². The van der Waals surface area contributed by atoms with Crippen LogP contribution in [0.4, 0.5) is 0 Å². The molecule has 96 valence electrons. The van der Waals surface area contributed by atoms with E-state index in [1.165, 1.54) is 12.0 Å². The summed E-state index contributed by atoms with van der Waals surface area (Å²) in [5.41, 5.74) is 6.75. The Balaban J connectivity index is 2.32. The minimum Gasteiger partial charge on any atom is -0.379 e. The van der Waals surface area contributed by atoms with Crippen molar-refractivity contribution in [1.29, 1.82) is 0 Å². The maximum Gasteiger partial charge on any atom is 0.0594 e. The molecule has 3 nitrogen and oxygen atoms in total. The zero-order valence-corrected chi connectivity index (χ0v) is 10.8. The molecule has 0 aliphatic heterocycles. The Hall–Kier alpha value is -0.900. The molecule has 0 spiro atoms. The molecule has 1 aromatic rings. The van der Waals surface area contributed by atoms with E-state index >= 15 is 0 Å². The SMILES string of the molecule is CCCN(CCOCCN)Cc1ccccc1. The molecule has 0 aliphatic rings. The summed E-state index contributed by atoms with van der Waals surface area (Å²) in [6, 6.07) is 10.6. The van der Waals surface area contributed by atoms with E-state index in [1.807, 2.05) is 0 Å². The Morgan fingerprint density at radius 3 is 2.53 bits per heavy atom. The minimum absolute atomic E-state index is 0.604. The van der Waals surface area contributed by atoms with Crippen LogP contribution in [0.5, 0.6) is 0 Å². The number of benzene rings is 1. The van der Waals surface area contributed by atoms with Crippen molar-refractivity contribution >= 4 is 0 Å². The number of nitrogens with two attached hydrogens (primary N) is 1. The van der Waals surface area contributed by atoms with E-state index in [-0.39, 0.29) is 0 Å². The molecule has 0 saturated heterocycles. The summed E-state index contributed by atoms with van der Waals surface area (Å²) in [5, 5.41) is 0. The van der Waals surface area contributed by atoms with Gasteiger partial charge in [0.1, 0.15) is 0 Å². The minimum atomic E-state index is 0.604. The Morgan fingerprint density at radius 1 is 1.12 bits per heavy atom. The first-order valence-corrected chi connectivity index (χ1v) is 6.41. The third-order valence-electron chi connectivity index (χ3n) is 2.60. The highest BCUT2D eigenvalue weighted by atomic mass is 16.5. The molecule has 3 heteroatoms. The first-order valence-electron chi connectivity index (χ1n) is 6.41. The summed E-state index contributed by atoms with van der Waals surface area (Å²) in [6.07, 6.45) is 1.17. The number of nitrogens with zero attached hydrogens (tertiary/aromatic N) is 1. The lowest BCUT2D eigenvalue weighted by atomic mass is 10.2. The third-order valence-corrected chi connectivity index (χ3v) is 2.60. The lowest BCUT2D eigenvalue weighted by molar-refractivity contribution is 0.106. The lowest BCUT2D eigenvalue weighted by Crippen LogP contribution is -2.28. The fourth-order valence-electron chi connectivity index (χ4n) is 1.81. The van der Waals surface area contributed by atoms with Crippen molar-refractivity contribution in [3.05, 3.63) is 35.9 Å². The van der Waals surface area contributed by atoms with Crippen LogP contribution < -0.4 is 5.73 Å². The van der Waals surface area contributed by atoms with Gasteiger partial charge in [0, 0.05) is 19.6 Å². The molecule has 0 aliphatic carbocycles. The van der Waals surface area contributed by atoms with Crippen LogP contribution in [0, 0.1) is 0 Å². The number of ether oxygens (including phenoxy) is 1. The first-order chi connectivity index (χ1) is 8.36. The lowest BCUT2D eigenvalue weighted by Gasteiger charge is -2.21. The van der Waals surface area contributed by atoms with Crippen molar-refractivity contribution in [2.75, 3.05) is 32.8 Å². The van der Waals surface area contributed by atoms with Gasteiger partial charge in [-0.05, 0) is 18.5 Å². The molecule has 0 atom stereocenters. The van der Waals surface area contributed by atoms with Crippen LogP contribution in [0.25, 0.3) is 0 Å². The van der Waals surface area contributed by atoms with Gasteiger partial charge in [-0.25, -0.2) is 0 Å². The van der Waals surface area contributed by atoms with E-state index in [4.69, 9.17) is 10.5 Å². The predicted octanol–water partition coefficient (Wildman–Crippen LogP) is 1.87. The Bertz CT molecular complexity index is 277. The topological polar surface area (TPSA) is 38.5 Å². The average molecular weight is 236 g/mol. The zero-order chi connectivity index (χ0) is 12.3. The number of rotatable bonds is 9. The van der Waals surface area contributed by atoms with Gasteiger partial charge < -0.3 is 10.5 Å². The highest BCUT2D eigenvalue weighted by molar-refractivity contribution is 5.14. The first kappa shape index (κ1) is 14.2. The van der Waals surface area contributed by atoms with Gasteiger partial charge in [0.2, 0.25) is 0 Å². The van der Waals surface area contributed by atoms with Crippen LogP contribution in [0.3, 0.4) is 0 Å². The fraction of sp³-hybridized carbons (Fsp3) is 0.571. The smallest absolute Gasteiger partial charge is 0.0594 e. The quantitative estimate of drug-likeness (QED) is 0.665. The van der Waals surface area contributed by atoms with Gasteiger partial charge in [0.15, 0.2) is 0 Å². The second-order valence-electron chi connectivity index (χ2n) is 4.16. The molecule has 0 bridgehead atoms. The second kappa shape index (κ2) is 9.16. The van der Waals surface area contributed by atoms with Gasteiger partial charge in [0.25, 0.3) is 0 Å². The summed E-state index contributed by atoms with van der Waals surface area (Å²) in [4.78, 5) is 2.42. The summed E-state index contributed by atoms with van der Waals surface area (Å²) >= 11 is 0. The van der Waals surface area contributed by atoms with Crippen molar-refractivity contribution in [3.63, 3.8) is 0 Å². The molecule has 0 heterocycles. The van der Waals surface area contributed by atoms with Gasteiger partial charge in [-0.3, -0.25) is 4.90 Å². The summed E-state index contributed by atoms with van der Waals surface area (Å²) in [7, 11) is 0. The molecule has 2 N–H and O–H groups in total. The molecule has 0 radical (unpaired) electrons. The molecule has 0 amide bonds. The van der Waals surface area contributed by atoms with E-state index in [9.17, 15) is 0 Å². The molecular formula is C14H24N2O. The van der Waals surface area contributed by atoms with Crippen LogP contribution in [0.2, 0.25) is 0 Å². The normalized spacial score (nSPS) is 11.0. The summed E-state index contributed by atoms with van der Waals surface area (Å²) < 4.78 is 5.43. The van der Waals surface area contributed by atoms with Gasteiger partial charge in [-0.15, -0.1) is 0 Å². The third kappa shape index (κ3) is 6.41. The molecule has 1 rings (SSSR count). The molecule has 17 heavy (non-hydrogen) atoms. The maximum absolute atomic E-state index is 5.43.